The summed E-state index contributed by atoms with van der Waals surface area (Å²) in [4.78, 5) is 13.2. The van der Waals surface area contributed by atoms with Crippen LogP contribution in [-0.4, -0.2) is 0 Å². The van der Waals surface area contributed by atoms with Gasteiger partial charge < -0.3 is 4.42 Å². The van der Waals surface area contributed by atoms with E-state index < -0.39 is 0 Å². The molecule has 0 radical (unpaired) electrons. The Labute approximate surface area is 173 Å². The van der Waals surface area contributed by atoms with Crippen molar-refractivity contribution in [3.63, 3.8) is 0 Å². The summed E-state index contributed by atoms with van der Waals surface area (Å²) in [6, 6.07) is 20.7. The van der Waals surface area contributed by atoms with E-state index in [4.69, 9.17) is 21.3 Å². The molecule has 0 unspecified atom stereocenters. The molecule has 0 N–H and O–H groups in total. The predicted molar refractivity (Wildman–Crippen MR) is 117 cm³/mol. The lowest BCUT2D eigenvalue weighted by molar-refractivity contribution is 0.661. The minimum Gasteiger partial charge on any atom is -0.455 e. The molecule has 0 bridgehead atoms. The van der Waals surface area contributed by atoms with E-state index in [1.165, 1.54) is 0 Å². The first-order valence-corrected chi connectivity index (χ1v) is 9.66. The highest BCUT2D eigenvalue weighted by Crippen LogP contribution is 2.31. The average Bonchev–Trinajstić information content (AvgIpc) is 2.75. The smallest absolute Gasteiger partial charge is 0.200 e. The van der Waals surface area contributed by atoms with Gasteiger partial charge in [0.2, 0.25) is 5.43 Å². The Morgan fingerprint density at radius 3 is 2.59 bits per heavy atom. The van der Waals surface area contributed by atoms with Crippen molar-refractivity contribution in [3.8, 4) is 29.0 Å². The molecule has 4 rings (SSSR count). The van der Waals surface area contributed by atoms with Gasteiger partial charge in [-0.3, -0.25) is 4.79 Å². The maximum absolute atomic E-state index is 13.2. The molecule has 1 aromatic heterocycles. The summed E-state index contributed by atoms with van der Waals surface area (Å²) in [5, 5.41) is 10.1. The highest BCUT2D eigenvalue weighted by atomic mass is 35.5. The van der Waals surface area contributed by atoms with Crippen LogP contribution in [0.2, 0.25) is 5.02 Å². The van der Waals surface area contributed by atoms with Crippen LogP contribution >= 0.6 is 11.6 Å². The fraction of sp³-hybridized carbons (Fsp3) is 0.120. The van der Waals surface area contributed by atoms with Crippen LogP contribution < -0.4 is 5.43 Å². The second kappa shape index (κ2) is 8.23. The number of hydrogen-bond donors (Lipinski definition) is 0. The van der Waals surface area contributed by atoms with Crippen LogP contribution in [0.25, 0.3) is 33.1 Å². The summed E-state index contributed by atoms with van der Waals surface area (Å²) in [5.41, 5.74) is 3.40. The monoisotopic (exact) mass is 397 g/mol. The molecule has 0 aliphatic carbocycles. The van der Waals surface area contributed by atoms with Crippen LogP contribution in [0.4, 0.5) is 0 Å². The summed E-state index contributed by atoms with van der Waals surface area (Å²) in [7, 11) is 0. The first-order valence-electron chi connectivity index (χ1n) is 9.29. The molecule has 0 aliphatic rings. The van der Waals surface area contributed by atoms with Crippen molar-refractivity contribution in [3.05, 3.63) is 81.5 Å². The first kappa shape index (κ1) is 18.8. The topological polar surface area (TPSA) is 54.0 Å². The molecule has 1 heterocycles. The van der Waals surface area contributed by atoms with Gasteiger partial charge in [0.25, 0.3) is 0 Å². The number of fused-ring (bicyclic) bond motifs is 2. The minimum atomic E-state index is -0.130. The maximum atomic E-state index is 13.2. The van der Waals surface area contributed by atoms with E-state index >= 15 is 0 Å². The van der Waals surface area contributed by atoms with Crippen LogP contribution in [0.5, 0.6) is 0 Å². The lowest BCUT2D eigenvalue weighted by Gasteiger charge is -2.09. The summed E-state index contributed by atoms with van der Waals surface area (Å²) < 4.78 is 6.14. The van der Waals surface area contributed by atoms with Crippen molar-refractivity contribution in [2.24, 2.45) is 0 Å². The van der Waals surface area contributed by atoms with Crippen molar-refractivity contribution < 1.29 is 4.42 Å². The van der Waals surface area contributed by atoms with Crippen LogP contribution in [0, 0.1) is 23.2 Å². The molecule has 0 saturated heterocycles. The van der Waals surface area contributed by atoms with Gasteiger partial charge in [-0.1, -0.05) is 53.8 Å². The van der Waals surface area contributed by atoms with Gasteiger partial charge in [0.05, 0.1) is 16.8 Å². The van der Waals surface area contributed by atoms with Gasteiger partial charge in [0, 0.05) is 29.0 Å². The Balaban J connectivity index is 1.97. The average molecular weight is 398 g/mol. The molecular formula is C25H16ClNO2. The second-order valence-corrected chi connectivity index (χ2v) is 7.09. The molecule has 3 aromatic carbocycles. The second-order valence-electron chi connectivity index (χ2n) is 6.65. The third-order valence-corrected chi connectivity index (χ3v) is 4.87. The van der Waals surface area contributed by atoms with Crippen LogP contribution in [-0.2, 0) is 0 Å². The molecule has 0 amide bonds. The number of benzene rings is 3. The van der Waals surface area contributed by atoms with Gasteiger partial charge >= 0.3 is 0 Å². The van der Waals surface area contributed by atoms with Crippen molar-refractivity contribution in [2.45, 2.75) is 19.3 Å². The fourth-order valence-electron chi connectivity index (χ4n) is 3.26. The Kier molecular flexibility index (Phi) is 5.34. The highest BCUT2D eigenvalue weighted by Gasteiger charge is 2.14. The summed E-state index contributed by atoms with van der Waals surface area (Å²) in [6.45, 7) is 0. The zero-order valence-electron chi connectivity index (χ0n) is 15.5. The molecular weight excluding hydrogens is 382 g/mol. The van der Waals surface area contributed by atoms with Crippen LogP contribution in [0.1, 0.15) is 24.8 Å². The van der Waals surface area contributed by atoms with E-state index in [0.29, 0.717) is 39.8 Å². The van der Waals surface area contributed by atoms with Gasteiger partial charge in [0.15, 0.2) is 0 Å². The van der Waals surface area contributed by atoms with E-state index in [9.17, 15) is 4.79 Å². The van der Waals surface area contributed by atoms with E-state index in [2.05, 4.69) is 17.9 Å². The van der Waals surface area contributed by atoms with Gasteiger partial charge in [0.1, 0.15) is 11.2 Å². The number of unbranched alkanes of at least 4 members (excludes halogenated alkanes) is 2. The molecule has 0 atom stereocenters. The normalized spacial score (nSPS) is 10.5. The molecule has 0 aliphatic heterocycles. The quantitative estimate of drug-likeness (QED) is 0.231. The number of nitriles is 1. The largest absolute Gasteiger partial charge is 0.455 e. The van der Waals surface area contributed by atoms with Crippen LogP contribution in [0.15, 0.2) is 69.9 Å². The number of hydrogen-bond acceptors (Lipinski definition) is 3. The molecule has 0 spiro atoms. The van der Waals surface area contributed by atoms with E-state index in [-0.39, 0.29) is 5.43 Å². The summed E-state index contributed by atoms with van der Waals surface area (Å²) >= 11 is 6.08. The Morgan fingerprint density at radius 2 is 1.79 bits per heavy atom. The molecule has 140 valence electrons. The summed E-state index contributed by atoms with van der Waals surface area (Å²) in [6.07, 6.45) is 1.85. The molecule has 0 fully saturated rings. The number of nitrogens with zero attached hydrogens (tertiary/aromatic N) is 1. The van der Waals surface area contributed by atoms with Gasteiger partial charge in [-0.05, 0) is 42.3 Å². The molecule has 4 heteroatoms. The first-order chi connectivity index (χ1) is 14.2. The third-order valence-electron chi connectivity index (χ3n) is 4.64. The zero-order chi connectivity index (χ0) is 20.2. The maximum Gasteiger partial charge on any atom is 0.200 e. The molecule has 3 nitrogen and oxygen atoms in total. The highest BCUT2D eigenvalue weighted by molar-refractivity contribution is 6.31. The predicted octanol–water partition coefficient (Wildman–Crippen LogP) is 6.31. The van der Waals surface area contributed by atoms with Gasteiger partial charge in [-0.25, -0.2) is 0 Å². The number of rotatable bonds is 3. The van der Waals surface area contributed by atoms with Gasteiger partial charge in [-0.2, -0.15) is 5.26 Å². The lowest BCUT2D eigenvalue weighted by atomic mass is 9.98. The fourth-order valence-corrected chi connectivity index (χ4v) is 3.43. The van der Waals surface area contributed by atoms with Crippen molar-refractivity contribution in [2.75, 3.05) is 0 Å². The van der Waals surface area contributed by atoms with Crippen molar-refractivity contribution >= 4 is 33.5 Å². The Morgan fingerprint density at radius 1 is 0.966 bits per heavy atom. The summed E-state index contributed by atoms with van der Waals surface area (Å²) in [5.74, 6) is 6.22. The zero-order valence-corrected chi connectivity index (χ0v) is 16.3. The standard InChI is InChI=1S/C25H16ClNO2/c26-19-11-12-23-21(16-19)24(28)22-15-17(8-4-1-2-7-13-27)14-20(25(22)29-23)18-9-5-3-6-10-18/h3,5-6,9-12,14-16H,1-2,7H2. The lowest BCUT2D eigenvalue weighted by Crippen LogP contribution is -2.03. The third kappa shape index (κ3) is 3.87. The minimum absolute atomic E-state index is 0.130. The molecule has 0 saturated carbocycles. The number of halogens is 1. The van der Waals surface area contributed by atoms with Crippen molar-refractivity contribution in [1.82, 2.24) is 0 Å². The van der Waals surface area contributed by atoms with E-state index in [1.807, 2.05) is 36.4 Å². The Hall–Kier alpha value is -3.53. The molecule has 29 heavy (non-hydrogen) atoms. The van der Waals surface area contributed by atoms with Crippen LogP contribution in [0.3, 0.4) is 0 Å². The van der Waals surface area contributed by atoms with E-state index in [0.717, 1.165) is 23.1 Å². The molecule has 4 aromatic rings. The van der Waals surface area contributed by atoms with Gasteiger partial charge in [-0.15, -0.1) is 0 Å². The SMILES string of the molecule is N#CCCCC#Cc1cc(-c2ccccc2)c2oc3ccc(Cl)cc3c(=O)c2c1. The Bertz CT molecular complexity index is 1370. The van der Waals surface area contributed by atoms with Crippen molar-refractivity contribution in [1.29, 1.82) is 5.26 Å². The van der Waals surface area contributed by atoms with E-state index in [1.54, 1.807) is 24.3 Å².